The summed E-state index contributed by atoms with van der Waals surface area (Å²) in [5.41, 5.74) is 0.739. The van der Waals surface area contributed by atoms with E-state index in [2.05, 4.69) is 4.99 Å². The molecular formula is C21H27N3O5S2. The van der Waals surface area contributed by atoms with Gasteiger partial charge < -0.3 is 0 Å². The highest BCUT2D eigenvalue weighted by atomic mass is 32.3. The highest BCUT2D eigenvalue weighted by molar-refractivity contribution is 8.24. The number of hydrogen-bond donors (Lipinski definition) is 3. The summed E-state index contributed by atoms with van der Waals surface area (Å²) in [6.45, 7) is 5.47. The molecule has 0 saturated carbocycles. The Bertz CT molecular complexity index is 1090. The number of carbonyl (C=O) groups excluding carboxylic acids is 1. The minimum Gasteiger partial charge on any atom is -0.281 e. The largest absolute Gasteiger partial charge is 0.288 e. The highest BCUT2D eigenvalue weighted by Gasteiger charge is 2.54. The van der Waals surface area contributed by atoms with Crippen molar-refractivity contribution < 1.29 is 22.3 Å². The molecule has 1 heterocycles. The number of nitrogens with two attached hydrogens (primary N) is 1. The lowest BCUT2D eigenvalue weighted by molar-refractivity contribution is -0.122. The molecule has 2 aromatic rings. The van der Waals surface area contributed by atoms with Crippen LogP contribution in [0.4, 0.5) is 0 Å². The molecule has 1 atom stereocenters. The number of sulfonamides is 1. The molecule has 10 heteroatoms. The number of primary sulfonamides is 1. The first-order valence-corrected chi connectivity index (χ1v) is 12.8. The van der Waals surface area contributed by atoms with Crippen LogP contribution in [0.3, 0.4) is 0 Å². The molecule has 1 aliphatic heterocycles. The molecule has 1 aliphatic rings. The van der Waals surface area contributed by atoms with E-state index in [4.69, 9.17) is 5.14 Å². The Morgan fingerprint density at radius 3 is 2.16 bits per heavy atom. The molecule has 8 nitrogen and oxygen atoms in total. The topological polar surface area (TPSA) is 133 Å². The van der Waals surface area contributed by atoms with Crippen LogP contribution in [0, 0.1) is 0 Å². The fourth-order valence-electron chi connectivity index (χ4n) is 3.57. The standard InChI is InChI=1S/C21H27N3O5S2/c1-21(2,3)24-20(25)18(19(31(24,28)29)16-7-5-4-6-8-16)23-14-13-15-9-11-17(12-10-15)30(22,26)27/h4-12,19,28-29H,13-14H2,1-3H3,(H2,22,26,27). The quantitative estimate of drug-likeness (QED) is 0.623. The average molecular weight is 466 g/mol. The van der Waals surface area contributed by atoms with Gasteiger partial charge in [0, 0.05) is 6.54 Å². The smallest absolute Gasteiger partial charge is 0.281 e. The van der Waals surface area contributed by atoms with Crippen LogP contribution in [0.1, 0.15) is 37.1 Å². The lowest BCUT2D eigenvalue weighted by Gasteiger charge is -2.46. The van der Waals surface area contributed by atoms with Crippen LogP contribution in [0.2, 0.25) is 0 Å². The van der Waals surface area contributed by atoms with Crippen LogP contribution in [-0.4, -0.2) is 45.5 Å². The summed E-state index contributed by atoms with van der Waals surface area (Å²) in [5, 5.41) is 4.17. The molecule has 2 aromatic carbocycles. The molecule has 1 unspecified atom stereocenters. The molecule has 31 heavy (non-hydrogen) atoms. The highest BCUT2D eigenvalue weighted by Crippen LogP contribution is 2.64. The predicted octanol–water partition coefficient (Wildman–Crippen LogP) is 3.37. The minimum atomic E-state index is -3.76. The van der Waals surface area contributed by atoms with Crippen molar-refractivity contribution in [3.05, 3.63) is 65.7 Å². The predicted molar refractivity (Wildman–Crippen MR) is 122 cm³/mol. The maximum Gasteiger partial charge on any atom is 0.288 e. The van der Waals surface area contributed by atoms with Gasteiger partial charge in [-0.2, -0.15) is 0 Å². The van der Waals surface area contributed by atoms with Gasteiger partial charge in [0.15, 0.2) is 0 Å². The van der Waals surface area contributed by atoms with Gasteiger partial charge in [-0.25, -0.2) is 17.9 Å². The first-order chi connectivity index (χ1) is 14.3. The summed E-state index contributed by atoms with van der Waals surface area (Å²) >= 11 is 0. The lowest BCUT2D eigenvalue weighted by Crippen LogP contribution is -2.43. The molecule has 3 rings (SSSR count). The molecule has 4 N–H and O–H groups in total. The molecule has 1 amide bonds. The lowest BCUT2D eigenvalue weighted by atomic mass is 10.0. The fourth-order valence-corrected chi connectivity index (χ4v) is 6.44. The van der Waals surface area contributed by atoms with Gasteiger partial charge >= 0.3 is 0 Å². The molecule has 0 spiro atoms. The molecule has 0 bridgehead atoms. The van der Waals surface area contributed by atoms with E-state index in [0.29, 0.717) is 12.0 Å². The Morgan fingerprint density at radius 2 is 1.65 bits per heavy atom. The molecule has 168 valence electrons. The number of rotatable bonds is 5. The number of aliphatic imine (C=N–C) groups is 1. The van der Waals surface area contributed by atoms with Crippen LogP contribution in [0.25, 0.3) is 0 Å². The van der Waals surface area contributed by atoms with Crippen molar-refractivity contribution in [3.8, 4) is 0 Å². The SMILES string of the molecule is CC(C)(C)N1C(=O)C(=NCCc2ccc(S(N)(=O)=O)cc2)C(c2ccccc2)S1(O)O. The van der Waals surface area contributed by atoms with E-state index < -0.39 is 37.5 Å². The van der Waals surface area contributed by atoms with E-state index in [1.807, 2.05) is 6.07 Å². The Kier molecular flexibility index (Phi) is 6.32. The van der Waals surface area contributed by atoms with Gasteiger partial charge in [-0.05, 0) is 50.5 Å². The van der Waals surface area contributed by atoms with E-state index in [9.17, 15) is 22.3 Å². The normalized spacial score (nSPS) is 21.5. The zero-order chi connectivity index (χ0) is 23.0. The fraction of sp³-hybridized carbons (Fsp3) is 0.333. The second-order valence-corrected chi connectivity index (χ2v) is 11.8. The van der Waals surface area contributed by atoms with Gasteiger partial charge in [0.05, 0.1) is 10.4 Å². The summed E-state index contributed by atoms with van der Waals surface area (Å²) < 4.78 is 46.0. The van der Waals surface area contributed by atoms with Gasteiger partial charge in [-0.15, -0.1) is 10.8 Å². The average Bonchev–Trinajstić information content (AvgIpc) is 2.87. The monoisotopic (exact) mass is 465 g/mol. The van der Waals surface area contributed by atoms with Crippen LogP contribution < -0.4 is 5.14 Å². The maximum atomic E-state index is 13.2. The van der Waals surface area contributed by atoms with E-state index in [-0.39, 0.29) is 17.2 Å². The van der Waals surface area contributed by atoms with Gasteiger partial charge in [0.25, 0.3) is 5.91 Å². The number of amides is 1. The van der Waals surface area contributed by atoms with Crippen LogP contribution in [-0.2, 0) is 21.2 Å². The van der Waals surface area contributed by atoms with Crippen molar-refractivity contribution in [1.29, 1.82) is 0 Å². The number of hydrogen-bond acceptors (Lipinski definition) is 6. The minimum absolute atomic E-state index is 0.0208. The Hall–Kier alpha value is -2.24. The third-order valence-electron chi connectivity index (χ3n) is 4.88. The van der Waals surface area contributed by atoms with E-state index in [1.54, 1.807) is 57.2 Å². The van der Waals surface area contributed by atoms with E-state index in [1.165, 1.54) is 12.1 Å². The van der Waals surface area contributed by atoms with Gasteiger partial charge in [0.2, 0.25) is 10.0 Å². The summed E-state index contributed by atoms with van der Waals surface area (Å²) in [4.78, 5) is 17.7. The van der Waals surface area contributed by atoms with E-state index >= 15 is 0 Å². The van der Waals surface area contributed by atoms with Gasteiger partial charge in [-0.3, -0.25) is 18.9 Å². The molecule has 0 radical (unpaired) electrons. The van der Waals surface area contributed by atoms with Crippen molar-refractivity contribution in [2.24, 2.45) is 10.1 Å². The van der Waals surface area contributed by atoms with Crippen LogP contribution in [0.15, 0.2) is 64.5 Å². The van der Waals surface area contributed by atoms with Crippen molar-refractivity contribution in [2.75, 3.05) is 6.54 Å². The second kappa shape index (κ2) is 8.36. The van der Waals surface area contributed by atoms with E-state index in [0.717, 1.165) is 9.87 Å². The third kappa shape index (κ3) is 4.83. The Morgan fingerprint density at radius 1 is 1.06 bits per heavy atom. The molecular weight excluding hydrogens is 438 g/mol. The zero-order valence-electron chi connectivity index (χ0n) is 17.6. The van der Waals surface area contributed by atoms with Crippen molar-refractivity contribution in [3.63, 3.8) is 0 Å². The number of nitrogens with zero attached hydrogens (tertiary/aromatic N) is 2. The second-order valence-electron chi connectivity index (χ2n) is 8.33. The molecule has 0 aliphatic carbocycles. The Balaban J connectivity index is 1.91. The summed E-state index contributed by atoms with van der Waals surface area (Å²) in [5.74, 6) is -0.495. The van der Waals surface area contributed by atoms with Crippen molar-refractivity contribution >= 4 is 32.4 Å². The van der Waals surface area contributed by atoms with Crippen LogP contribution >= 0.6 is 10.8 Å². The maximum absolute atomic E-state index is 13.2. The van der Waals surface area contributed by atoms with Crippen LogP contribution in [0.5, 0.6) is 0 Å². The molecule has 0 aromatic heterocycles. The van der Waals surface area contributed by atoms with Crippen molar-refractivity contribution in [2.45, 2.75) is 42.9 Å². The first kappa shape index (κ1) is 23.4. The number of benzene rings is 2. The number of carbonyl (C=O) groups is 1. The Labute approximate surface area is 184 Å². The summed E-state index contributed by atoms with van der Waals surface area (Å²) in [6, 6.07) is 15.0. The van der Waals surface area contributed by atoms with Gasteiger partial charge in [0.1, 0.15) is 11.0 Å². The zero-order valence-corrected chi connectivity index (χ0v) is 19.2. The first-order valence-electron chi connectivity index (χ1n) is 9.66. The van der Waals surface area contributed by atoms with Gasteiger partial charge in [-0.1, -0.05) is 42.5 Å². The third-order valence-corrected chi connectivity index (χ3v) is 8.19. The molecule has 1 fully saturated rings. The molecule has 1 saturated heterocycles. The van der Waals surface area contributed by atoms with Crippen molar-refractivity contribution in [1.82, 2.24) is 4.31 Å². The summed E-state index contributed by atoms with van der Waals surface area (Å²) in [6.07, 6.45) is 0.442. The summed E-state index contributed by atoms with van der Waals surface area (Å²) in [7, 11) is -7.24.